The predicted molar refractivity (Wildman–Crippen MR) is 122 cm³/mol. The smallest absolute Gasteiger partial charge is 0.376 e. The van der Waals surface area contributed by atoms with Crippen molar-refractivity contribution in [1.82, 2.24) is 4.90 Å². The van der Waals surface area contributed by atoms with Crippen LogP contribution in [0.3, 0.4) is 0 Å². The first-order chi connectivity index (χ1) is 15.9. The molecule has 11 heteroatoms. The summed E-state index contributed by atoms with van der Waals surface area (Å²) in [7, 11) is -4.00. The zero-order chi connectivity index (χ0) is 25.1. The van der Waals surface area contributed by atoms with Crippen molar-refractivity contribution in [2.75, 3.05) is 37.7 Å². The number of hydrogen-bond acceptors (Lipinski definition) is 5. The highest BCUT2D eigenvalue weighted by molar-refractivity contribution is 7.89. The van der Waals surface area contributed by atoms with Crippen LogP contribution in [0.15, 0.2) is 47.4 Å². The van der Waals surface area contributed by atoms with E-state index >= 15 is 0 Å². The zero-order valence-corrected chi connectivity index (χ0v) is 19.8. The minimum atomic E-state index is -4.40. The van der Waals surface area contributed by atoms with E-state index in [0.29, 0.717) is 50.0 Å². The summed E-state index contributed by atoms with van der Waals surface area (Å²) in [5, 5.41) is 5.25. The molecule has 186 valence electrons. The number of carbonyl (C=O) groups is 1. The number of amides is 1. The fourth-order valence-electron chi connectivity index (χ4n) is 3.66. The third kappa shape index (κ3) is 6.49. The van der Waals surface area contributed by atoms with Crippen molar-refractivity contribution in [3.05, 3.63) is 59.2 Å². The number of nitrogens with two attached hydrogens (primary N) is 1. The van der Waals surface area contributed by atoms with Crippen molar-refractivity contribution in [3.63, 3.8) is 0 Å². The molecule has 0 atom stereocenters. The van der Waals surface area contributed by atoms with Gasteiger partial charge in [0.2, 0.25) is 10.0 Å². The standard InChI is InChI=1S/C23H28F3N3O4S/c1-16(2)14-33-15-17-3-8-20(34(27,31)32)13-21(17)22(30)29-11-9-28(10-12-29)19-6-4-18(5-7-19)23(24,25)26/h3-8,13,16H,9-12,14-15H2,1-2H3,(H2,27,31,32). The first kappa shape index (κ1) is 26.0. The summed E-state index contributed by atoms with van der Waals surface area (Å²) >= 11 is 0. The van der Waals surface area contributed by atoms with Crippen molar-refractivity contribution in [2.24, 2.45) is 11.1 Å². The molecule has 0 aliphatic carbocycles. The number of hydrogen-bond donors (Lipinski definition) is 1. The van der Waals surface area contributed by atoms with Gasteiger partial charge < -0.3 is 14.5 Å². The molecule has 1 aliphatic rings. The Morgan fingerprint density at radius 1 is 1.06 bits per heavy atom. The second-order valence-corrected chi connectivity index (χ2v) is 10.2. The van der Waals surface area contributed by atoms with Crippen molar-refractivity contribution in [3.8, 4) is 0 Å². The van der Waals surface area contributed by atoms with Crippen LogP contribution in [0, 0.1) is 5.92 Å². The fourth-order valence-corrected chi connectivity index (χ4v) is 4.20. The first-order valence-corrected chi connectivity index (χ1v) is 12.4. The Bertz CT molecular complexity index is 1110. The molecular formula is C23H28F3N3O4S. The average Bonchev–Trinajstić information content (AvgIpc) is 2.77. The van der Waals surface area contributed by atoms with E-state index in [1.165, 1.54) is 30.3 Å². The van der Waals surface area contributed by atoms with Gasteiger partial charge in [-0.1, -0.05) is 19.9 Å². The highest BCUT2D eigenvalue weighted by atomic mass is 32.2. The number of benzene rings is 2. The van der Waals surface area contributed by atoms with Crippen molar-refractivity contribution >= 4 is 21.6 Å². The zero-order valence-electron chi connectivity index (χ0n) is 19.0. The van der Waals surface area contributed by atoms with E-state index in [9.17, 15) is 26.4 Å². The molecular weight excluding hydrogens is 471 g/mol. The minimum absolute atomic E-state index is 0.148. The Morgan fingerprint density at radius 3 is 2.21 bits per heavy atom. The number of piperazine rings is 1. The van der Waals surface area contributed by atoms with Gasteiger partial charge in [-0.05, 0) is 47.9 Å². The van der Waals surface area contributed by atoms with Gasteiger partial charge in [0, 0.05) is 44.0 Å². The molecule has 0 bridgehead atoms. The van der Waals surface area contributed by atoms with Crippen LogP contribution in [0.2, 0.25) is 0 Å². The van der Waals surface area contributed by atoms with Crippen molar-refractivity contribution in [1.29, 1.82) is 0 Å². The fraction of sp³-hybridized carbons (Fsp3) is 0.435. The summed E-state index contributed by atoms with van der Waals surface area (Å²) in [5.74, 6) is -0.0539. The monoisotopic (exact) mass is 499 g/mol. The maximum absolute atomic E-state index is 13.3. The lowest BCUT2D eigenvalue weighted by Crippen LogP contribution is -2.49. The third-order valence-corrected chi connectivity index (χ3v) is 6.39. The number of rotatable bonds is 7. The van der Waals surface area contributed by atoms with Gasteiger partial charge >= 0.3 is 6.18 Å². The molecule has 34 heavy (non-hydrogen) atoms. The molecule has 1 fully saturated rings. The molecule has 0 saturated carbocycles. The molecule has 0 aromatic heterocycles. The average molecular weight is 500 g/mol. The summed E-state index contributed by atoms with van der Waals surface area (Å²) in [6.45, 7) is 6.11. The molecule has 2 N–H and O–H groups in total. The Hall–Kier alpha value is -2.63. The third-order valence-electron chi connectivity index (χ3n) is 5.48. The molecule has 1 heterocycles. The van der Waals surface area contributed by atoms with Crippen LogP contribution >= 0.6 is 0 Å². The topological polar surface area (TPSA) is 92.9 Å². The summed E-state index contributed by atoms with van der Waals surface area (Å²) in [6.07, 6.45) is -4.40. The molecule has 0 spiro atoms. The molecule has 0 unspecified atom stereocenters. The second kappa shape index (κ2) is 10.3. The number of anilines is 1. The van der Waals surface area contributed by atoms with Gasteiger partial charge in [-0.3, -0.25) is 4.79 Å². The quantitative estimate of drug-likeness (QED) is 0.630. The highest BCUT2D eigenvalue weighted by Crippen LogP contribution is 2.31. The van der Waals surface area contributed by atoms with Gasteiger partial charge in [-0.2, -0.15) is 13.2 Å². The molecule has 1 amide bonds. The molecule has 1 aliphatic heterocycles. The Balaban J connectivity index is 1.74. The summed E-state index contributed by atoms with van der Waals surface area (Å²) in [5.41, 5.74) is 0.688. The molecule has 1 saturated heterocycles. The van der Waals surface area contributed by atoms with E-state index in [1.807, 2.05) is 18.7 Å². The van der Waals surface area contributed by atoms with Crippen LogP contribution in [0.4, 0.5) is 18.9 Å². The van der Waals surface area contributed by atoms with Crippen molar-refractivity contribution < 1.29 is 31.1 Å². The molecule has 0 radical (unpaired) electrons. The van der Waals surface area contributed by atoms with Crippen LogP contribution in [0.1, 0.15) is 35.3 Å². The summed E-state index contributed by atoms with van der Waals surface area (Å²) < 4.78 is 67.7. The number of sulfonamides is 1. The first-order valence-electron chi connectivity index (χ1n) is 10.8. The van der Waals surface area contributed by atoms with Gasteiger partial charge in [-0.15, -0.1) is 0 Å². The van der Waals surface area contributed by atoms with Gasteiger partial charge in [0.1, 0.15) is 0 Å². The van der Waals surface area contributed by atoms with Gasteiger partial charge in [0.15, 0.2) is 0 Å². The van der Waals surface area contributed by atoms with Gasteiger partial charge in [0.05, 0.1) is 17.1 Å². The number of carbonyl (C=O) groups excluding carboxylic acids is 1. The summed E-state index contributed by atoms with van der Waals surface area (Å²) in [6, 6.07) is 9.06. The molecule has 2 aromatic rings. The number of alkyl halides is 3. The van der Waals surface area contributed by atoms with Crippen LogP contribution < -0.4 is 10.0 Å². The van der Waals surface area contributed by atoms with Crippen molar-refractivity contribution in [2.45, 2.75) is 31.5 Å². The Kier molecular flexibility index (Phi) is 7.89. The number of ether oxygens (including phenoxy) is 1. The number of nitrogens with zero attached hydrogens (tertiary/aromatic N) is 2. The SMILES string of the molecule is CC(C)COCc1ccc(S(N)(=O)=O)cc1C(=O)N1CCN(c2ccc(C(F)(F)F)cc2)CC1. The molecule has 3 rings (SSSR count). The lowest BCUT2D eigenvalue weighted by Gasteiger charge is -2.36. The van der Waals surface area contributed by atoms with Crippen LogP contribution in [-0.2, 0) is 27.5 Å². The van der Waals surface area contributed by atoms with E-state index in [4.69, 9.17) is 9.88 Å². The lowest BCUT2D eigenvalue weighted by molar-refractivity contribution is -0.137. The lowest BCUT2D eigenvalue weighted by atomic mass is 10.1. The van der Waals surface area contributed by atoms with E-state index in [0.717, 1.165) is 12.1 Å². The van der Waals surface area contributed by atoms with Gasteiger partial charge in [0.25, 0.3) is 5.91 Å². The second-order valence-electron chi connectivity index (χ2n) is 8.60. The summed E-state index contributed by atoms with van der Waals surface area (Å²) in [4.78, 5) is 16.6. The Labute approximate surface area is 197 Å². The largest absolute Gasteiger partial charge is 0.416 e. The van der Waals surface area contributed by atoms with Crippen LogP contribution in [-0.4, -0.2) is 52.0 Å². The minimum Gasteiger partial charge on any atom is -0.376 e. The maximum Gasteiger partial charge on any atom is 0.416 e. The van der Waals surface area contributed by atoms with Crippen LogP contribution in [0.25, 0.3) is 0 Å². The van der Waals surface area contributed by atoms with Crippen LogP contribution in [0.5, 0.6) is 0 Å². The number of halogens is 3. The van der Waals surface area contributed by atoms with E-state index in [2.05, 4.69) is 0 Å². The normalized spacial score (nSPS) is 15.1. The molecule has 2 aromatic carbocycles. The maximum atomic E-state index is 13.3. The Morgan fingerprint density at radius 2 is 1.68 bits per heavy atom. The van der Waals surface area contributed by atoms with E-state index < -0.39 is 21.8 Å². The van der Waals surface area contributed by atoms with Gasteiger partial charge in [-0.25, -0.2) is 13.6 Å². The predicted octanol–water partition coefficient (Wildman–Crippen LogP) is 3.49. The van der Waals surface area contributed by atoms with E-state index in [1.54, 1.807) is 4.90 Å². The van der Waals surface area contributed by atoms with E-state index in [-0.39, 0.29) is 23.0 Å². The molecule has 7 nitrogen and oxygen atoms in total. The number of primary sulfonamides is 1. The highest BCUT2D eigenvalue weighted by Gasteiger charge is 2.31.